The molecule has 236 valence electrons. The Kier molecular flexibility index (Phi) is 13.1. The minimum absolute atomic E-state index is 0. The molecule has 1 amide bonds. The summed E-state index contributed by atoms with van der Waals surface area (Å²) in [7, 11) is -1.61. The Hall–Kier alpha value is -2.68. The zero-order valence-corrected chi connectivity index (χ0v) is 28.0. The summed E-state index contributed by atoms with van der Waals surface area (Å²) in [5, 5.41) is 5.13. The van der Waals surface area contributed by atoms with Crippen LogP contribution in [0.3, 0.4) is 0 Å². The molecule has 0 atom stereocenters. The van der Waals surface area contributed by atoms with E-state index in [0.29, 0.717) is 33.0 Å². The highest BCUT2D eigenvalue weighted by Gasteiger charge is 2.33. The van der Waals surface area contributed by atoms with Gasteiger partial charge in [-0.25, -0.2) is 13.6 Å². The Morgan fingerprint density at radius 2 is 1.45 bits per heavy atom. The number of primary sulfonamides is 1. The molecule has 2 heterocycles. The Labute approximate surface area is 280 Å². The normalized spacial score (nSPS) is 16.9. The summed E-state index contributed by atoms with van der Waals surface area (Å²) in [5.74, 6) is 1.62. The lowest BCUT2D eigenvalue weighted by Gasteiger charge is -2.32. The summed E-state index contributed by atoms with van der Waals surface area (Å²) >= 11 is 6.78. The topological polar surface area (TPSA) is 105 Å². The lowest BCUT2D eigenvalue weighted by atomic mass is 10.2. The number of thioether (sulfide) groups is 1. The predicted octanol–water partition coefficient (Wildman–Crippen LogP) is 5.39. The third-order valence-corrected chi connectivity index (χ3v) is 9.17. The standard InChI is InChI=1S/C30H32N4O5S3.2ClH/c1-32-16-18-33(19-17-32)15-2-20-38-24-9-5-23(6-10-24)34-29(35)28(41-30(34)40)21-22-3-7-25(8-4-22)39-26-11-13-27(14-12-26)42(31,36)37;;/h3-14,21H,2,15-20H2,1H3,(H2,31,36,37);2*1H/b28-21-;;. The number of thiocarbonyl (C=S) groups is 1. The van der Waals surface area contributed by atoms with E-state index in [0.717, 1.165) is 50.5 Å². The lowest BCUT2D eigenvalue weighted by molar-refractivity contribution is -0.113. The molecule has 2 fully saturated rings. The van der Waals surface area contributed by atoms with Crippen LogP contribution in [0.1, 0.15) is 12.0 Å². The molecular weight excluding hydrogens is 663 g/mol. The highest BCUT2D eigenvalue weighted by molar-refractivity contribution is 8.27. The Bertz CT molecular complexity index is 1560. The number of piperazine rings is 1. The number of likely N-dealkylation sites (N-methyl/N-ethyl adjacent to an activating group) is 1. The van der Waals surface area contributed by atoms with E-state index in [1.165, 1.54) is 40.9 Å². The molecular formula is C30H34Cl2N4O5S3. The first kappa shape index (κ1) is 35.8. The number of halogens is 2. The lowest BCUT2D eigenvalue weighted by Crippen LogP contribution is -2.44. The summed E-state index contributed by atoms with van der Waals surface area (Å²) < 4.78 is 35.0. The van der Waals surface area contributed by atoms with E-state index in [9.17, 15) is 13.2 Å². The van der Waals surface area contributed by atoms with E-state index < -0.39 is 10.0 Å². The van der Waals surface area contributed by atoms with E-state index in [4.69, 9.17) is 26.8 Å². The monoisotopic (exact) mass is 696 g/mol. The van der Waals surface area contributed by atoms with Gasteiger partial charge in [-0.1, -0.05) is 36.1 Å². The van der Waals surface area contributed by atoms with Crippen LogP contribution in [0.4, 0.5) is 5.69 Å². The zero-order chi connectivity index (χ0) is 29.7. The van der Waals surface area contributed by atoms with Crippen LogP contribution in [0, 0.1) is 0 Å². The van der Waals surface area contributed by atoms with Gasteiger partial charge in [0, 0.05) is 32.7 Å². The molecule has 0 bridgehead atoms. The van der Waals surface area contributed by atoms with Gasteiger partial charge >= 0.3 is 0 Å². The van der Waals surface area contributed by atoms with Crippen LogP contribution < -0.4 is 19.5 Å². The molecule has 2 aliphatic heterocycles. The largest absolute Gasteiger partial charge is 0.494 e. The predicted molar refractivity (Wildman–Crippen MR) is 185 cm³/mol. The number of carbonyl (C=O) groups excluding carboxylic acids is 1. The summed E-state index contributed by atoms with van der Waals surface area (Å²) in [4.78, 5) is 20.1. The van der Waals surface area contributed by atoms with Crippen molar-refractivity contribution in [1.29, 1.82) is 0 Å². The van der Waals surface area contributed by atoms with Crippen LogP contribution in [0.15, 0.2) is 82.6 Å². The number of sulfonamides is 1. The van der Waals surface area contributed by atoms with Crippen LogP contribution in [-0.4, -0.2) is 74.8 Å². The number of anilines is 1. The van der Waals surface area contributed by atoms with Crippen LogP contribution in [0.2, 0.25) is 0 Å². The van der Waals surface area contributed by atoms with E-state index in [1.54, 1.807) is 18.2 Å². The smallest absolute Gasteiger partial charge is 0.270 e. The number of ether oxygens (including phenoxy) is 2. The van der Waals surface area contributed by atoms with Gasteiger partial charge in [-0.05, 0) is 85.8 Å². The van der Waals surface area contributed by atoms with Crippen molar-refractivity contribution in [3.8, 4) is 17.2 Å². The number of nitrogens with two attached hydrogens (primary N) is 1. The van der Waals surface area contributed by atoms with Gasteiger partial charge in [0.25, 0.3) is 5.91 Å². The number of rotatable bonds is 10. The molecule has 0 aromatic heterocycles. The molecule has 2 aliphatic rings. The van der Waals surface area contributed by atoms with Crippen LogP contribution in [-0.2, 0) is 14.8 Å². The molecule has 14 heteroatoms. The number of hydrogen-bond donors (Lipinski definition) is 1. The third-order valence-electron chi connectivity index (χ3n) is 6.94. The van der Waals surface area contributed by atoms with Crippen LogP contribution in [0.5, 0.6) is 17.2 Å². The van der Waals surface area contributed by atoms with E-state index >= 15 is 0 Å². The van der Waals surface area contributed by atoms with Crippen molar-refractivity contribution >= 4 is 80.8 Å². The first-order valence-electron chi connectivity index (χ1n) is 13.5. The quantitative estimate of drug-likeness (QED) is 0.170. The minimum atomic E-state index is -3.76. The van der Waals surface area contributed by atoms with Gasteiger partial charge in [0.15, 0.2) is 4.32 Å². The van der Waals surface area contributed by atoms with Crippen molar-refractivity contribution in [3.63, 3.8) is 0 Å². The second kappa shape index (κ2) is 16.1. The molecule has 3 aromatic carbocycles. The molecule has 0 aliphatic carbocycles. The zero-order valence-electron chi connectivity index (χ0n) is 24.0. The van der Waals surface area contributed by atoms with Crippen molar-refractivity contribution in [3.05, 3.63) is 83.3 Å². The number of amides is 1. The van der Waals surface area contributed by atoms with Crippen molar-refractivity contribution < 1.29 is 22.7 Å². The fourth-order valence-electron chi connectivity index (χ4n) is 4.55. The first-order valence-corrected chi connectivity index (χ1v) is 16.3. The fraction of sp³-hybridized carbons (Fsp3) is 0.267. The average Bonchev–Trinajstić information content (AvgIpc) is 3.25. The third kappa shape index (κ3) is 9.41. The Morgan fingerprint density at radius 1 is 0.886 bits per heavy atom. The molecule has 9 nitrogen and oxygen atoms in total. The fourth-order valence-corrected chi connectivity index (χ4v) is 6.36. The number of nitrogens with zero attached hydrogens (tertiary/aromatic N) is 3. The minimum Gasteiger partial charge on any atom is -0.494 e. The Balaban J connectivity index is 0.00000264. The first-order chi connectivity index (χ1) is 20.2. The maximum Gasteiger partial charge on any atom is 0.270 e. The second-order valence-electron chi connectivity index (χ2n) is 10.0. The van der Waals surface area contributed by atoms with Crippen molar-refractivity contribution in [1.82, 2.24) is 9.80 Å². The van der Waals surface area contributed by atoms with Crippen molar-refractivity contribution in [2.45, 2.75) is 11.3 Å². The molecule has 2 saturated heterocycles. The van der Waals surface area contributed by atoms with E-state index in [1.807, 2.05) is 36.4 Å². The maximum absolute atomic E-state index is 13.2. The molecule has 0 saturated carbocycles. The van der Waals surface area contributed by atoms with Gasteiger partial charge in [-0.15, -0.1) is 24.8 Å². The second-order valence-corrected chi connectivity index (χ2v) is 13.3. The van der Waals surface area contributed by atoms with E-state index in [-0.39, 0.29) is 35.6 Å². The molecule has 0 radical (unpaired) electrons. The SMILES string of the molecule is CN1CCN(CCCOc2ccc(N3C(=O)/C(=C/c4ccc(Oc5ccc(S(N)(=O)=O)cc5)cc4)SC3=S)cc2)CC1.Cl.Cl. The average molecular weight is 698 g/mol. The summed E-state index contributed by atoms with van der Waals surface area (Å²) in [6.07, 6.45) is 2.76. The molecule has 0 unspecified atom stereocenters. The highest BCUT2D eigenvalue weighted by atomic mass is 35.5. The summed E-state index contributed by atoms with van der Waals surface area (Å²) in [6.45, 7) is 6.10. The number of benzene rings is 3. The van der Waals surface area contributed by atoms with Crippen molar-refractivity contribution in [2.24, 2.45) is 5.14 Å². The molecule has 5 rings (SSSR count). The Morgan fingerprint density at radius 3 is 2.05 bits per heavy atom. The molecule has 3 aromatic rings. The molecule has 44 heavy (non-hydrogen) atoms. The number of carbonyl (C=O) groups is 1. The maximum atomic E-state index is 13.2. The van der Waals surface area contributed by atoms with Gasteiger partial charge in [0.2, 0.25) is 10.0 Å². The van der Waals surface area contributed by atoms with Gasteiger partial charge in [-0.2, -0.15) is 0 Å². The molecule has 0 spiro atoms. The van der Waals surface area contributed by atoms with Crippen LogP contribution in [0.25, 0.3) is 6.08 Å². The summed E-state index contributed by atoms with van der Waals surface area (Å²) in [5.41, 5.74) is 1.51. The van der Waals surface area contributed by atoms with Gasteiger partial charge in [0.05, 0.1) is 22.1 Å². The molecule has 2 N–H and O–H groups in total. The van der Waals surface area contributed by atoms with Gasteiger partial charge in [0.1, 0.15) is 17.2 Å². The summed E-state index contributed by atoms with van der Waals surface area (Å²) in [6, 6.07) is 20.5. The highest BCUT2D eigenvalue weighted by Crippen LogP contribution is 2.37. The number of hydrogen-bond acceptors (Lipinski definition) is 9. The van der Waals surface area contributed by atoms with Gasteiger partial charge < -0.3 is 19.3 Å². The van der Waals surface area contributed by atoms with E-state index in [2.05, 4.69) is 16.8 Å². The van der Waals surface area contributed by atoms with Gasteiger partial charge in [-0.3, -0.25) is 9.69 Å². The van der Waals surface area contributed by atoms with Crippen molar-refractivity contribution in [2.75, 3.05) is 51.3 Å². The van der Waals surface area contributed by atoms with Crippen LogP contribution >= 0.6 is 48.8 Å².